The van der Waals surface area contributed by atoms with E-state index in [9.17, 15) is 13.2 Å². The van der Waals surface area contributed by atoms with E-state index in [2.05, 4.69) is 4.72 Å². The second-order valence-electron chi connectivity index (χ2n) is 3.36. The summed E-state index contributed by atoms with van der Waals surface area (Å²) >= 11 is 0.860. The summed E-state index contributed by atoms with van der Waals surface area (Å²) < 4.78 is 30.9. The molecule has 18 heavy (non-hydrogen) atoms. The van der Waals surface area contributed by atoms with Gasteiger partial charge in [0.15, 0.2) is 0 Å². The molecule has 0 aliphatic rings. The number of thiophene rings is 1. The minimum atomic E-state index is -3.70. The minimum absolute atomic E-state index is 0.0235. The maximum Gasteiger partial charge on any atom is 0.336 e. The fourth-order valence-corrected chi connectivity index (χ4v) is 3.41. The Morgan fingerprint density at radius 3 is 2.83 bits per heavy atom. The van der Waals surface area contributed by atoms with Crippen LogP contribution in [0.3, 0.4) is 0 Å². The molecule has 0 aromatic carbocycles. The van der Waals surface area contributed by atoms with Gasteiger partial charge in [0, 0.05) is 5.38 Å². The summed E-state index contributed by atoms with van der Waals surface area (Å²) in [7, 11) is -3.70. The first-order chi connectivity index (χ1) is 8.49. The van der Waals surface area contributed by atoms with Crippen molar-refractivity contribution in [3.8, 4) is 0 Å². The molecule has 8 heteroatoms. The summed E-state index contributed by atoms with van der Waals surface area (Å²) in [6.45, 7) is 0.0235. The number of carbonyl (C=O) groups is 1. The molecule has 0 spiro atoms. The number of rotatable bonds is 5. The number of carboxylic acid groups (broad SMARTS) is 1. The van der Waals surface area contributed by atoms with Crippen LogP contribution in [0.5, 0.6) is 0 Å². The minimum Gasteiger partial charge on any atom is -0.478 e. The molecule has 0 saturated carbocycles. The molecule has 0 bridgehead atoms. The molecule has 2 rings (SSSR count). The van der Waals surface area contributed by atoms with E-state index >= 15 is 0 Å². The lowest BCUT2D eigenvalue weighted by Gasteiger charge is -2.01. The summed E-state index contributed by atoms with van der Waals surface area (Å²) in [6, 6.07) is 4.41. The molecule has 2 aromatic rings. The highest BCUT2D eigenvalue weighted by atomic mass is 32.2. The van der Waals surface area contributed by atoms with Crippen molar-refractivity contribution in [3.63, 3.8) is 0 Å². The van der Waals surface area contributed by atoms with Crippen LogP contribution in [-0.4, -0.2) is 19.5 Å². The molecule has 0 amide bonds. The molecule has 0 saturated heterocycles. The molecule has 2 aromatic heterocycles. The summed E-state index contributed by atoms with van der Waals surface area (Å²) in [4.78, 5) is 10.7. The van der Waals surface area contributed by atoms with Crippen LogP contribution in [-0.2, 0) is 16.6 Å². The van der Waals surface area contributed by atoms with Gasteiger partial charge in [-0.25, -0.2) is 17.9 Å². The lowest BCUT2D eigenvalue weighted by molar-refractivity contribution is 0.0697. The third-order valence-corrected chi connectivity index (χ3v) is 4.94. The molecule has 96 valence electrons. The summed E-state index contributed by atoms with van der Waals surface area (Å²) in [5.41, 5.74) is -0.0432. The van der Waals surface area contributed by atoms with Gasteiger partial charge in [-0.15, -0.1) is 11.3 Å². The van der Waals surface area contributed by atoms with Crippen molar-refractivity contribution < 1.29 is 22.7 Å². The number of aromatic carboxylic acids is 1. The first-order valence-corrected chi connectivity index (χ1v) is 7.19. The van der Waals surface area contributed by atoms with Crippen LogP contribution in [0.2, 0.25) is 0 Å². The van der Waals surface area contributed by atoms with Gasteiger partial charge in [-0.05, 0) is 18.2 Å². The topological polar surface area (TPSA) is 96.6 Å². The Kier molecular flexibility index (Phi) is 3.50. The highest BCUT2D eigenvalue weighted by Crippen LogP contribution is 2.20. The smallest absolute Gasteiger partial charge is 0.336 e. The van der Waals surface area contributed by atoms with E-state index < -0.39 is 16.0 Å². The van der Waals surface area contributed by atoms with Crippen molar-refractivity contribution in [2.75, 3.05) is 0 Å². The zero-order valence-corrected chi connectivity index (χ0v) is 10.6. The van der Waals surface area contributed by atoms with Gasteiger partial charge >= 0.3 is 5.97 Å². The van der Waals surface area contributed by atoms with Gasteiger partial charge in [0.05, 0.1) is 18.4 Å². The summed E-state index contributed by atoms with van der Waals surface area (Å²) in [6.07, 6.45) is 1.44. The van der Waals surface area contributed by atoms with Gasteiger partial charge in [-0.3, -0.25) is 0 Å². The van der Waals surface area contributed by atoms with E-state index in [-0.39, 0.29) is 16.3 Å². The van der Waals surface area contributed by atoms with Crippen LogP contribution in [0.25, 0.3) is 0 Å². The van der Waals surface area contributed by atoms with Gasteiger partial charge in [0.2, 0.25) is 10.0 Å². The number of hydrogen-bond donors (Lipinski definition) is 2. The van der Waals surface area contributed by atoms with Crippen molar-refractivity contribution in [2.45, 2.75) is 10.8 Å². The molecule has 6 nitrogen and oxygen atoms in total. The van der Waals surface area contributed by atoms with E-state index in [1.165, 1.54) is 11.6 Å². The van der Waals surface area contributed by atoms with Gasteiger partial charge in [-0.1, -0.05) is 0 Å². The predicted octanol–water partition coefficient (Wildman–Crippen LogP) is 1.52. The molecule has 0 unspecified atom stereocenters. The molecule has 2 heterocycles. The molecule has 0 aliphatic carbocycles. The van der Waals surface area contributed by atoms with Gasteiger partial charge in [0.1, 0.15) is 9.97 Å². The molecule has 2 N–H and O–H groups in total. The van der Waals surface area contributed by atoms with Crippen molar-refractivity contribution in [1.82, 2.24) is 4.72 Å². The Bertz CT molecular complexity index is 642. The maximum absolute atomic E-state index is 11.8. The third kappa shape index (κ3) is 2.78. The van der Waals surface area contributed by atoms with E-state index in [1.54, 1.807) is 12.1 Å². The SMILES string of the molecule is O=C(O)c1csc(S(=O)(=O)NCc2ccco2)c1. The molecule has 0 fully saturated rings. The number of furan rings is 1. The zero-order valence-electron chi connectivity index (χ0n) is 8.99. The fraction of sp³-hybridized carbons (Fsp3) is 0.100. The molecule has 0 atom stereocenters. The number of carboxylic acids is 1. The third-order valence-electron chi connectivity index (χ3n) is 2.10. The van der Waals surface area contributed by atoms with Crippen LogP contribution in [0.15, 0.2) is 38.5 Å². The summed E-state index contributed by atoms with van der Waals surface area (Å²) in [5, 5.41) is 10.0. The van der Waals surface area contributed by atoms with Crippen LogP contribution < -0.4 is 4.72 Å². The molecular weight excluding hydrogens is 278 g/mol. The van der Waals surface area contributed by atoms with Crippen molar-refractivity contribution >= 4 is 27.3 Å². The van der Waals surface area contributed by atoms with Crippen LogP contribution in [0.4, 0.5) is 0 Å². The average molecular weight is 287 g/mol. The zero-order chi connectivity index (χ0) is 13.2. The Morgan fingerprint density at radius 1 is 1.50 bits per heavy atom. The van der Waals surface area contributed by atoms with E-state index in [4.69, 9.17) is 9.52 Å². The second kappa shape index (κ2) is 4.92. The van der Waals surface area contributed by atoms with Crippen molar-refractivity contribution in [3.05, 3.63) is 41.2 Å². The monoisotopic (exact) mass is 287 g/mol. The second-order valence-corrected chi connectivity index (χ2v) is 6.27. The van der Waals surface area contributed by atoms with Gasteiger partial charge in [-0.2, -0.15) is 0 Å². The van der Waals surface area contributed by atoms with Crippen LogP contribution in [0.1, 0.15) is 16.1 Å². The highest BCUT2D eigenvalue weighted by Gasteiger charge is 2.18. The first-order valence-electron chi connectivity index (χ1n) is 4.83. The van der Waals surface area contributed by atoms with E-state index in [0.29, 0.717) is 5.76 Å². The van der Waals surface area contributed by atoms with Crippen LogP contribution in [0, 0.1) is 0 Å². The number of sulfonamides is 1. The fourth-order valence-electron chi connectivity index (χ4n) is 1.22. The summed E-state index contributed by atoms with van der Waals surface area (Å²) in [5.74, 6) is -0.674. The standard InChI is InChI=1S/C10H9NO5S2/c12-10(13)7-4-9(17-6-7)18(14,15)11-5-8-2-1-3-16-8/h1-4,6,11H,5H2,(H,12,13). The molecule has 0 aliphatic heterocycles. The normalized spacial score (nSPS) is 11.6. The highest BCUT2D eigenvalue weighted by molar-refractivity contribution is 7.91. The quantitative estimate of drug-likeness (QED) is 0.869. The Hall–Kier alpha value is -1.64. The van der Waals surface area contributed by atoms with Gasteiger partial charge < -0.3 is 9.52 Å². The average Bonchev–Trinajstić information content (AvgIpc) is 2.98. The number of hydrogen-bond acceptors (Lipinski definition) is 5. The Balaban J connectivity index is 2.12. The Morgan fingerprint density at radius 2 is 2.28 bits per heavy atom. The first kappa shape index (κ1) is 12.8. The molecule has 0 radical (unpaired) electrons. The van der Waals surface area contributed by atoms with Crippen LogP contribution >= 0.6 is 11.3 Å². The van der Waals surface area contributed by atoms with Crippen molar-refractivity contribution in [2.24, 2.45) is 0 Å². The lowest BCUT2D eigenvalue weighted by atomic mass is 10.4. The van der Waals surface area contributed by atoms with E-state index in [0.717, 1.165) is 17.4 Å². The van der Waals surface area contributed by atoms with Gasteiger partial charge in [0.25, 0.3) is 0 Å². The molecular formula is C10H9NO5S2. The lowest BCUT2D eigenvalue weighted by Crippen LogP contribution is -2.22. The number of nitrogens with one attached hydrogen (secondary N) is 1. The predicted molar refractivity (Wildman–Crippen MR) is 64.0 cm³/mol. The maximum atomic E-state index is 11.8. The van der Waals surface area contributed by atoms with Crippen molar-refractivity contribution in [1.29, 1.82) is 0 Å². The Labute approximate surface area is 107 Å². The van der Waals surface area contributed by atoms with E-state index in [1.807, 2.05) is 0 Å². The largest absolute Gasteiger partial charge is 0.478 e.